The molecule has 0 aliphatic heterocycles. The Morgan fingerprint density at radius 1 is 0.262 bits per heavy atom. The minimum absolute atomic E-state index is 0.00418. The van der Waals surface area contributed by atoms with Crippen molar-refractivity contribution in [1.82, 2.24) is 0 Å². The summed E-state index contributed by atoms with van der Waals surface area (Å²) >= 11 is 3.94. The van der Waals surface area contributed by atoms with Crippen molar-refractivity contribution in [2.75, 3.05) is 54.3 Å². The lowest BCUT2D eigenvalue weighted by atomic mass is 9.88. The van der Waals surface area contributed by atoms with Gasteiger partial charge in [-0.3, -0.25) is 57.5 Å². The lowest BCUT2D eigenvalue weighted by molar-refractivity contribution is -0.161. The van der Waals surface area contributed by atoms with E-state index in [1.165, 1.54) is 71.7 Å². The van der Waals surface area contributed by atoms with Gasteiger partial charge >= 0.3 is 17.9 Å². The quantitative estimate of drug-likeness (QED) is 0.0113. The Bertz CT molecular complexity index is 5350. The minimum Gasteiger partial charge on any atom is -0.465 e. The van der Waals surface area contributed by atoms with Crippen LogP contribution in [-0.4, -0.2) is 123 Å². The van der Waals surface area contributed by atoms with Crippen molar-refractivity contribution in [2.24, 2.45) is 5.41 Å². The molecule has 662 valence electrons. The minimum atomic E-state index is -4.58. The summed E-state index contributed by atoms with van der Waals surface area (Å²) in [5.74, 6) is -1.36. The second kappa shape index (κ2) is 43.3. The van der Waals surface area contributed by atoms with Gasteiger partial charge < -0.3 is 27.9 Å². The third-order valence-corrected chi connectivity index (χ3v) is 34.1. The number of rotatable bonds is 43. The zero-order valence-corrected chi connectivity index (χ0v) is 80.7. The van der Waals surface area contributed by atoms with Crippen LogP contribution in [0.3, 0.4) is 0 Å². The number of aryl methyl sites for hydroxylation is 15. The second-order valence-corrected chi connectivity index (χ2v) is 44.4. The number of carbonyl (C=O) groups is 12. The van der Waals surface area contributed by atoms with E-state index >= 15 is 28.1 Å². The standard InChI is InChI=1S/C102H113O18P3S3/c1-20-102(57-118-84(106)39-45-124-42-36-81(103)90-69(11)54-72(14)93(75(90)17)99(112)121(115,78-30-24-21-25-31-78)96(109)87-63(5)48-60(2)49-64(87)6,58-119-85(107)40-46-125-43-37-82(104)91-70(12)55-73(15)94(76(91)18)100(113)122(116,79-32-26-22-27-33-79)97(110)88-65(7)50-61(3)51-66(88)8)59-120-86(108)41-47-126-44-38-83(105)92-71(13)56-74(16)95(77(92)19)101(114)123(117,80-34-28-23-29-35-80)98(111)89-67(9)52-62(4)53-68(89)10/h21-35,48-56H,20,36-47,57-59H2,1-19H3. The molecule has 24 heteroatoms. The zero-order valence-electron chi connectivity index (χ0n) is 75.6. The van der Waals surface area contributed by atoms with Gasteiger partial charge in [0.2, 0.25) is 54.6 Å². The van der Waals surface area contributed by atoms with E-state index in [1.807, 2.05) is 57.2 Å². The van der Waals surface area contributed by atoms with Gasteiger partial charge in [-0.1, -0.05) is 169 Å². The Labute approximate surface area is 753 Å². The Kier molecular flexibility index (Phi) is 34.3. The van der Waals surface area contributed by atoms with Crippen molar-refractivity contribution in [3.05, 3.63) is 296 Å². The van der Waals surface area contributed by atoms with Gasteiger partial charge in [-0.15, -0.1) is 0 Å². The van der Waals surface area contributed by atoms with Crippen LogP contribution in [0.2, 0.25) is 0 Å². The predicted octanol–water partition coefficient (Wildman–Crippen LogP) is 21.8. The van der Waals surface area contributed by atoms with E-state index in [4.69, 9.17) is 14.2 Å². The average molecular weight is 1820 g/mol. The molecule has 3 atom stereocenters. The fourth-order valence-electron chi connectivity index (χ4n) is 17.2. The number of Topliss-reactive ketones (excluding diaryl/α,β-unsaturated/α-hetero) is 3. The average Bonchev–Trinajstić information content (AvgIpc) is 0.747. The van der Waals surface area contributed by atoms with Crippen LogP contribution in [0.5, 0.6) is 0 Å². The first-order valence-corrected chi connectivity index (χ1v) is 50.7. The van der Waals surface area contributed by atoms with Crippen LogP contribution >= 0.6 is 56.7 Å². The smallest absolute Gasteiger partial charge is 0.306 e. The SMILES string of the molecule is CCC(COC(=O)CCSCCC(=O)c1c(C)cc(C)c(C(=O)P(=O)(C(=O)c2c(C)cc(C)cc2C)c2ccccc2)c1C)(COC(=O)CCSCCC(=O)c1c(C)cc(C)c(C(=O)P(=O)(C(=O)c2c(C)cc(C)cc2C)c2ccccc2)c1C)COC(=O)CCSCCC(=O)c1c(C)cc(C)c(C(=O)P(=O)(C(=O)c2c(C)cc(C)cc2C)c2ccccc2)c1C. The highest BCUT2D eigenvalue weighted by Crippen LogP contribution is 2.56. The van der Waals surface area contributed by atoms with Crippen LogP contribution in [0.15, 0.2) is 146 Å². The van der Waals surface area contributed by atoms with Crippen molar-refractivity contribution in [3.63, 3.8) is 0 Å². The molecular formula is C102H113O18P3S3. The summed E-state index contributed by atoms with van der Waals surface area (Å²) in [5, 5.41) is 0.247. The molecule has 0 heterocycles. The molecule has 0 aliphatic carbocycles. The van der Waals surface area contributed by atoms with E-state index in [-0.39, 0.29) is 183 Å². The molecule has 0 bridgehead atoms. The number of hydrogen-bond acceptors (Lipinski definition) is 21. The Balaban J connectivity index is 0.845. The van der Waals surface area contributed by atoms with Crippen LogP contribution in [-0.2, 0) is 42.3 Å². The van der Waals surface area contributed by atoms with Gasteiger partial charge in [0.1, 0.15) is 19.8 Å². The Hall–Kier alpha value is -9.84. The molecule has 3 unspecified atom stereocenters. The summed E-state index contributed by atoms with van der Waals surface area (Å²) < 4.78 is 64.3. The van der Waals surface area contributed by atoms with Gasteiger partial charge in [-0.05, 0) is 214 Å². The van der Waals surface area contributed by atoms with E-state index in [0.717, 1.165) is 16.7 Å². The summed E-state index contributed by atoms with van der Waals surface area (Å²) in [6.45, 7) is 32.1. The first-order chi connectivity index (χ1) is 59.5. The van der Waals surface area contributed by atoms with E-state index in [2.05, 4.69) is 0 Å². The number of esters is 3. The molecule has 9 aromatic carbocycles. The fourth-order valence-corrected chi connectivity index (χ4v) is 27.5. The van der Waals surface area contributed by atoms with Crippen LogP contribution in [0.4, 0.5) is 0 Å². The summed E-state index contributed by atoms with van der Waals surface area (Å²) in [6, 6.07) is 39.9. The molecule has 9 aromatic rings. The van der Waals surface area contributed by atoms with Crippen LogP contribution < -0.4 is 15.9 Å². The molecule has 0 spiro atoms. The van der Waals surface area contributed by atoms with Crippen molar-refractivity contribution >= 4 is 141 Å². The third kappa shape index (κ3) is 22.1. The maximum atomic E-state index is 15.6. The van der Waals surface area contributed by atoms with E-state index in [0.29, 0.717) is 83.5 Å². The van der Waals surface area contributed by atoms with Gasteiger partial charge in [0.15, 0.2) is 17.3 Å². The Morgan fingerprint density at radius 2 is 0.452 bits per heavy atom. The summed E-state index contributed by atoms with van der Waals surface area (Å²) in [6.07, 6.45) is -0.145. The molecule has 0 radical (unpaired) electrons. The van der Waals surface area contributed by atoms with Crippen LogP contribution in [0, 0.1) is 130 Å². The zero-order chi connectivity index (χ0) is 92.8. The number of ether oxygens (including phenoxy) is 3. The van der Waals surface area contributed by atoms with Gasteiger partial charge in [0, 0.05) is 120 Å². The molecule has 0 amide bonds. The number of thioether (sulfide) groups is 3. The second-order valence-electron chi connectivity index (χ2n) is 33.1. The van der Waals surface area contributed by atoms with Crippen molar-refractivity contribution in [3.8, 4) is 0 Å². The van der Waals surface area contributed by atoms with Crippen molar-refractivity contribution < 1.29 is 85.4 Å². The highest BCUT2D eigenvalue weighted by molar-refractivity contribution is 8.02. The number of benzene rings is 9. The number of carbonyl (C=O) groups excluding carboxylic acids is 12. The summed E-state index contributed by atoms with van der Waals surface area (Å²) in [4.78, 5) is 174. The molecule has 0 aromatic heterocycles. The highest BCUT2D eigenvalue weighted by atomic mass is 32.2. The number of ketones is 3. The van der Waals surface area contributed by atoms with Gasteiger partial charge in [0.05, 0.1) is 24.7 Å². The van der Waals surface area contributed by atoms with Crippen LogP contribution in [0.1, 0.15) is 245 Å². The molecular weight excluding hydrogens is 1700 g/mol. The summed E-state index contributed by atoms with van der Waals surface area (Å²) in [5.41, 5.74) is 5.65. The van der Waals surface area contributed by atoms with Gasteiger partial charge in [0.25, 0.3) is 0 Å². The normalized spacial score (nSPS) is 13.3. The molecule has 18 nitrogen and oxygen atoms in total. The van der Waals surface area contributed by atoms with Crippen LogP contribution in [0.25, 0.3) is 0 Å². The summed E-state index contributed by atoms with van der Waals surface area (Å²) in [7, 11) is -13.7. The number of hydrogen-bond donors (Lipinski definition) is 0. The monoisotopic (exact) mass is 1810 g/mol. The lowest BCUT2D eigenvalue weighted by Crippen LogP contribution is -2.39. The fraction of sp³-hybridized carbons (Fsp3) is 0.353. The maximum absolute atomic E-state index is 15.6. The van der Waals surface area contributed by atoms with Crippen molar-refractivity contribution in [2.45, 2.75) is 176 Å². The molecule has 9 rings (SSSR count). The van der Waals surface area contributed by atoms with Gasteiger partial charge in [-0.25, -0.2) is 0 Å². The molecule has 0 fully saturated rings. The third-order valence-electron chi connectivity index (χ3n) is 23.3. The molecule has 0 saturated heterocycles. The first-order valence-electron chi connectivity index (χ1n) is 42.1. The molecule has 0 saturated carbocycles. The molecule has 126 heavy (non-hydrogen) atoms. The van der Waals surface area contributed by atoms with E-state index in [1.54, 1.807) is 184 Å². The molecule has 0 N–H and O–H groups in total. The Morgan fingerprint density at radius 3 is 0.667 bits per heavy atom. The largest absolute Gasteiger partial charge is 0.465 e. The molecule has 0 aliphatic rings. The first kappa shape index (κ1) is 99.9. The lowest BCUT2D eigenvalue weighted by Gasteiger charge is -2.31. The predicted molar refractivity (Wildman–Crippen MR) is 509 cm³/mol. The van der Waals surface area contributed by atoms with Crippen molar-refractivity contribution in [1.29, 1.82) is 0 Å². The topological polar surface area (TPSA) is 284 Å². The maximum Gasteiger partial charge on any atom is 0.306 e. The van der Waals surface area contributed by atoms with E-state index < -0.39 is 77.9 Å². The van der Waals surface area contributed by atoms with E-state index in [9.17, 15) is 43.2 Å². The van der Waals surface area contributed by atoms with Gasteiger partial charge in [-0.2, -0.15) is 35.3 Å². The highest BCUT2D eigenvalue weighted by Gasteiger charge is 2.49.